The van der Waals surface area contributed by atoms with Crippen molar-refractivity contribution in [3.05, 3.63) is 99.7 Å². The smallest absolute Gasteiger partial charge is 0.256 e. The Bertz CT molecular complexity index is 979. The lowest BCUT2D eigenvalue weighted by Gasteiger charge is -2.22. The third kappa shape index (κ3) is 3.97. The molecule has 0 aliphatic carbocycles. The molecule has 0 fully saturated rings. The molecule has 27 heavy (non-hydrogen) atoms. The first-order chi connectivity index (χ1) is 13.0. The van der Waals surface area contributed by atoms with E-state index in [9.17, 15) is 9.59 Å². The molecular formula is C22H23N3O2. The molecule has 1 aromatic heterocycles. The fraction of sp³-hybridized carbons (Fsp3) is 0.227. The zero-order valence-electron chi connectivity index (χ0n) is 15.7. The van der Waals surface area contributed by atoms with Crippen molar-refractivity contribution in [2.24, 2.45) is 7.05 Å². The minimum absolute atomic E-state index is 0.0827. The van der Waals surface area contributed by atoms with Crippen molar-refractivity contribution in [1.29, 1.82) is 0 Å². The molecule has 0 aliphatic heterocycles. The van der Waals surface area contributed by atoms with Crippen LogP contribution in [0, 0.1) is 0 Å². The zero-order valence-corrected chi connectivity index (χ0v) is 15.7. The topological polar surface area (TPSA) is 64.0 Å². The van der Waals surface area contributed by atoms with Crippen molar-refractivity contribution >= 4 is 5.91 Å². The Morgan fingerprint density at radius 3 is 2.19 bits per heavy atom. The summed E-state index contributed by atoms with van der Waals surface area (Å²) < 4.78 is 1.53. The number of benzene rings is 2. The van der Waals surface area contributed by atoms with Crippen LogP contribution in [-0.2, 0) is 7.05 Å². The molecule has 0 aliphatic rings. The first-order valence-electron chi connectivity index (χ1n) is 8.95. The maximum Gasteiger partial charge on any atom is 0.256 e. The van der Waals surface area contributed by atoms with Crippen molar-refractivity contribution in [2.75, 3.05) is 0 Å². The Morgan fingerprint density at radius 2 is 1.59 bits per heavy atom. The van der Waals surface area contributed by atoms with Crippen LogP contribution >= 0.6 is 0 Å². The molecule has 3 aromatic rings. The van der Waals surface area contributed by atoms with Crippen LogP contribution in [0.5, 0.6) is 0 Å². The fourth-order valence-corrected chi connectivity index (χ4v) is 2.99. The van der Waals surface area contributed by atoms with E-state index >= 15 is 0 Å². The summed E-state index contributed by atoms with van der Waals surface area (Å²) >= 11 is 0. The third-order valence-electron chi connectivity index (χ3n) is 4.56. The van der Waals surface area contributed by atoms with Gasteiger partial charge in [0, 0.05) is 24.4 Å². The molecule has 0 bridgehead atoms. The van der Waals surface area contributed by atoms with Crippen LogP contribution < -0.4 is 10.9 Å². The molecule has 0 saturated carbocycles. The molecule has 0 radical (unpaired) electrons. The number of carbonyl (C=O) groups is 1. The SMILES string of the molecule is CC(C)c1cnc(C(NC(=O)c2ccccc2)c2ccccc2)n(C)c1=O. The average Bonchev–Trinajstić information content (AvgIpc) is 2.69. The van der Waals surface area contributed by atoms with Gasteiger partial charge >= 0.3 is 0 Å². The van der Waals surface area contributed by atoms with E-state index in [0.29, 0.717) is 17.0 Å². The van der Waals surface area contributed by atoms with E-state index in [1.165, 1.54) is 4.57 Å². The Labute approximate surface area is 158 Å². The highest BCUT2D eigenvalue weighted by Crippen LogP contribution is 2.21. The molecule has 3 rings (SSSR count). The first kappa shape index (κ1) is 18.6. The predicted molar refractivity (Wildman–Crippen MR) is 106 cm³/mol. The molecule has 1 atom stereocenters. The van der Waals surface area contributed by atoms with E-state index in [-0.39, 0.29) is 17.4 Å². The quantitative estimate of drug-likeness (QED) is 0.757. The summed E-state index contributed by atoms with van der Waals surface area (Å²) in [4.78, 5) is 30.0. The largest absolute Gasteiger partial charge is 0.338 e. The number of aromatic nitrogens is 2. The molecule has 138 valence electrons. The first-order valence-corrected chi connectivity index (χ1v) is 8.95. The van der Waals surface area contributed by atoms with Gasteiger partial charge in [-0.05, 0) is 23.6 Å². The Balaban J connectivity index is 2.05. The summed E-state index contributed by atoms with van der Waals surface area (Å²) in [5.41, 5.74) is 1.98. The molecule has 1 N–H and O–H groups in total. The second-order valence-corrected chi connectivity index (χ2v) is 6.77. The summed E-state index contributed by atoms with van der Waals surface area (Å²) in [6, 6.07) is 18.0. The minimum atomic E-state index is -0.530. The lowest BCUT2D eigenvalue weighted by molar-refractivity contribution is 0.0941. The lowest BCUT2D eigenvalue weighted by atomic mass is 10.0. The fourth-order valence-electron chi connectivity index (χ4n) is 2.99. The summed E-state index contributed by atoms with van der Waals surface area (Å²) in [5, 5.41) is 3.02. The molecular weight excluding hydrogens is 338 g/mol. The number of hydrogen-bond acceptors (Lipinski definition) is 3. The summed E-state index contributed by atoms with van der Waals surface area (Å²) in [7, 11) is 1.70. The van der Waals surface area contributed by atoms with Crippen LogP contribution in [0.25, 0.3) is 0 Å². The summed E-state index contributed by atoms with van der Waals surface area (Å²) in [5.74, 6) is 0.367. The molecule has 1 amide bonds. The standard InChI is InChI=1S/C22H23N3O2/c1-15(2)18-14-23-20(25(3)22(18)27)19(16-10-6-4-7-11-16)24-21(26)17-12-8-5-9-13-17/h4-15,19H,1-3H3,(H,24,26). The van der Waals surface area contributed by atoms with Crippen molar-refractivity contribution in [3.63, 3.8) is 0 Å². The van der Waals surface area contributed by atoms with Crippen LogP contribution in [0.3, 0.4) is 0 Å². The van der Waals surface area contributed by atoms with Crippen molar-refractivity contribution in [3.8, 4) is 0 Å². The van der Waals surface area contributed by atoms with Gasteiger partial charge in [-0.1, -0.05) is 62.4 Å². The molecule has 1 unspecified atom stereocenters. The molecule has 0 spiro atoms. The second kappa shape index (κ2) is 7.99. The molecule has 5 nitrogen and oxygen atoms in total. The van der Waals surface area contributed by atoms with Gasteiger partial charge in [0.15, 0.2) is 0 Å². The van der Waals surface area contributed by atoms with Crippen molar-refractivity contribution in [2.45, 2.75) is 25.8 Å². The number of amides is 1. The van der Waals surface area contributed by atoms with Gasteiger partial charge in [0.1, 0.15) is 11.9 Å². The summed E-state index contributed by atoms with van der Waals surface area (Å²) in [6.07, 6.45) is 1.62. The van der Waals surface area contributed by atoms with E-state index in [2.05, 4.69) is 10.3 Å². The van der Waals surface area contributed by atoms with Gasteiger partial charge in [0.2, 0.25) is 0 Å². The summed E-state index contributed by atoms with van der Waals surface area (Å²) in [6.45, 7) is 3.92. The molecule has 5 heteroatoms. The highest BCUT2D eigenvalue weighted by molar-refractivity contribution is 5.94. The number of rotatable bonds is 5. The third-order valence-corrected chi connectivity index (χ3v) is 4.56. The van der Waals surface area contributed by atoms with Gasteiger partial charge in [-0.25, -0.2) is 4.98 Å². The minimum Gasteiger partial charge on any atom is -0.338 e. The van der Waals surface area contributed by atoms with E-state index < -0.39 is 6.04 Å². The van der Waals surface area contributed by atoms with Crippen LogP contribution in [-0.4, -0.2) is 15.5 Å². The monoisotopic (exact) mass is 361 g/mol. The van der Waals surface area contributed by atoms with Crippen molar-refractivity contribution in [1.82, 2.24) is 14.9 Å². The van der Waals surface area contributed by atoms with Crippen LogP contribution in [0.15, 0.2) is 71.7 Å². The molecule has 0 saturated heterocycles. The lowest BCUT2D eigenvalue weighted by Crippen LogP contribution is -2.35. The number of nitrogens with one attached hydrogen (secondary N) is 1. The van der Waals surface area contributed by atoms with E-state index in [0.717, 1.165) is 5.56 Å². The van der Waals surface area contributed by atoms with E-state index in [4.69, 9.17) is 0 Å². The predicted octanol–water partition coefficient (Wildman–Crippen LogP) is 3.42. The van der Waals surface area contributed by atoms with Crippen LogP contribution in [0.2, 0.25) is 0 Å². The number of carbonyl (C=O) groups excluding carboxylic acids is 1. The average molecular weight is 361 g/mol. The second-order valence-electron chi connectivity index (χ2n) is 6.77. The van der Waals surface area contributed by atoms with Gasteiger partial charge in [-0.3, -0.25) is 14.2 Å². The van der Waals surface area contributed by atoms with Gasteiger partial charge in [-0.15, -0.1) is 0 Å². The van der Waals surface area contributed by atoms with Gasteiger partial charge < -0.3 is 5.32 Å². The number of nitrogens with zero attached hydrogens (tertiary/aromatic N) is 2. The van der Waals surface area contributed by atoms with E-state index in [1.807, 2.05) is 62.4 Å². The molecule has 2 aromatic carbocycles. The zero-order chi connectivity index (χ0) is 19.4. The maximum absolute atomic E-state index is 12.7. The highest BCUT2D eigenvalue weighted by atomic mass is 16.2. The van der Waals surface area contributed by atoms with Gasteiger partial charge in [-0.2, -0.15) is 0 Å². The Morgan fingerprint density at radius 1 is 1.00 bits per heavy atom. The Hall–Kier alpha value is -3.21. The van der Waals surface area contributed by atoms with Crippen LogP contribution in [0.1, 0.15) is 53.1 Å². The van der Waals surface area contributed by atoms with E-state index in [1.54, 1.807) is 25.4 Å². The molecule has 1 heterocycles. The van der Waals surface area contributed by atoms with Crippen molar-refractivity contribution < 1.29 is 4.79 Å². The normalized spacial score (nSPS) is 12.0. The van der Waals surface area contributed by atoms with Gasteiger partial charge in [0.05, 0.1) is 0 Å². The highest BCUT2D eigenvalue weighted by Gasteiger charge is 2.23. The number of hydrogen-bond donors (Lipinski definition) is 1. The Kier molecular flexibility index (Phi) is 5.50. The maximum atomic E-state index is 12.7. The van der Waals surface area contributed by atoms with Gasteiger partial charge in [0.25, 0.3) is 11.5 Å². The van der Waals surface area contributed by atoms with Crippen LogP contribution in [0.4, 0.5) is 0 Å².